The molecule has 0 aliphatic carbocycles. The number of piperidine rings is 1. The average molecular weight is 410 g/mol. The van der Waals surface area contributed by atoms with E-state index in [9.17, 15) is 13.2 Å². The van der Waals surface area contributed by atoms with E-state index in [2.05, 4.69) is 30.4 Å². The molecular weight excluding hydrogens is 378 g/mol. The maximum Gasteiger partial charge on any atom is 0.240 e. The van der Waals surface area contributed by atoms with Crippen LogP contribution in [-0.2, 0) is 26.1 Å². The van der Waals surface area contributed by atoms with E-state index in [0.717, 1.165) is 19.4 Å². The SMILES string of the molecule is CNCc1ccc(C2CCN(S(=O)(=O)C3(C(N)=O)CCOCC3)CC2)cc1C. The number of primary amides is 1. The van der Waals surface area contributed by atoms with Crippen LogP contribution in [0.5, 0.6) is 0 Å². The fourth-order valence-electron chi connectivity index (χ4n) is 4.37. The van der Waals surface area contributed by atoms with Crippen molar-refractivity contribution in [3.8, 4) is 0 Å². The third-order valence-electron chi connectivity index (χ3n) is 6.24. The van der Waals surface area contributed by atoms with Gasteiger partial charge in [0.2, 0.25) is 15.9 Å². The molecule has 2 saturated heterocycles. The molecule has 0 atom stereocenters. The normalized spacial score (nSPS) is 21.5. The number of amides is 1. The number of aryl methyl sites for hydroxylation is 1. The zero-order valence-corrected chi connectivity index (χ0v) is 17.6. The van der Waals surface area contributed by atoms with Crippen LogP contribution in [-0.4, -0.2) is 56.7 Å². The van der Waals surface area contributed by atoms with Crippen LogP contribution in [0.25, 0.3) is 0 Å². The minimum absolute atomic E-state index is 0.136. The summed E-state index contributed by atoms with van der Waals surface area (Å²) in [5.41, 5.74) is 9.34. The molecule has 2 aliphatic heterocycles. The first-order valence-electron chi connectivity index (χ1n) is 9.93. The summed E-state index contributed by atoms with van der Waals surface area (Å²) in [7, 11) is -1.87. The van der Waals surface area contributed by atoms with Crippen LogP contribution < -0.4 is 11.1 Å². The van der Waals surface area contributed by atoms with Crippen LogP contribution in [0.3, 0.4) is 0 Å². The predicted octanol–water partition coefficient (Wildman–Crippen LogP) is 1.26. The Morgan fingerprint density at radius 3 is 2.46 bits per heavy atom. The van der Waals surface area contributed by atoms with E-state index in [1.54, 1.807) is 0 Å². The summed E-state index contributed by atoms with van der Waals surface area (Å²) in [5.74, 6) is -0.429. The second-order valence-electron chi connectivity index (χ2n) is 7.87. The minimum atomic E-state index is -3.80. The Balaban J connectivity index is 1.72. The molecule has 8 heteroatoms. The van der Waals surface area contributed by atoms with E-state index in [4.69, 9.17) is 10.5 Å². The molecule has 3 rings (SSSR count). The lowest BCUT2D eigenvalue weighted by atomic mass is 9.88. The van der Waals surface area contributed by atoms with Crippen molar-refractivity contribution in [2.45, 2.75) is 49.8 Å². The maximum atomic E-state index is 13.3. The van der Waals surface area contributed by atoms with E-state index < -0.39 is 20.7 Å². The molecule has 0 bridgehead atoms. The molecule has 2 aliphatic rings. The molecular formula is C20H31N3O4S. The Morgan fingerprint density at radius 2 is 1.93 bits per heavy atom. The second-order valence-corrected chi connectivity index (χ2v) is 10.1. The van der Waals surface area contributed by atoms with Gasteiger partial charge in [0, 0.05) is 45.7 Å². The number of benzene rings is 1. The quantitative estimate of drug-likeness (QED) is 0.736. The molecule has 1 amide bonds. The molecule has 0 radical (unpaired) electrons. The maximum absolute atomic E-state index is 13.3. The van der Waals surface area contributed by atoms with Gasteiger partial charge in [-0.25, -0.2) is 12.7 Å². The second kappa shape index (κ2) is 8.49. The van der Waals surface area contributed by atoms with Gasteiger partial charge in [0.1, 0.15) is 0 Å². The topological polar surface area (TPSA) is 102 Å². The molecule has 0 spiro atoms. The van der Waals surface area contributed by atoms with Crippen molar-refractivity contribution in [1.29, 1.82) is 0 Å². The fraction of sp³-hybridized carbons (Fsp3) is 0.650. The van der Waals surface area contributed by atoms with Gasteiger partial charge in [0.25, 0.3) is 0 Å². The summed E-state index contributed by atoms with van der Waals surface area (Å²) < 4.78 is 31.8. The molecule has 28 heavy (non-hydrogen) atoms. The van der Waals surface area contributed by atoms with Crippen molar-refractivity contribution in [2.24, 2.45) is 5.73 Å². The van der Waals surface area contributed by atoms with E-state index in [1.807, 2.05) is 7.05 Å². The number of nitrogens with one attached hydrogen (secondary N) is 1. The average Bonchev–Trinajstić information content (AvgIpc) is 2.70. The highest BCUT2D eigenvalue weighted by atomic mass is 32.2. The Bertz CT molecular complexity index is 811. The Hall–Kier alpha value is -1.48. The molecule has 0 unspecified atom stereocenters. The highest BCUT2D eigenvalue weighted by Gasteiger charge is 2.53. The zero-order valence-electron chi connectivity index (χ0n) is 16.7. The van der Waals surface area contributed by atoms with Gasteiger partial charge >= 0.3 is 0 Å². The van der Waals surface area contributed by atoms with Gasteiger partial charge in [-0.15, -0.1) is 0 Å². The lowest BCUT2D eigenvalue weighted by Gasteiger charge is -2.40. The first-order chi connectivity index (χ1) is 13.3. The highest BCUT2D eigenvalue weighted by Crippen LogP contribution is 2.36. The number of carbonyl (C=O) groups excluding carboxylic acids is 1. The number of sulfonamides is 1. The highest BCUT2D eigenvalue weighted by molar-refractivity contribution is 7.91. The number of nitrogens with zero attached hydrogens (tertiary/aromatic N) is 1. The number of hydrogen-bond donors (Lipinski definition) is 2. The van der Waals surface area contributed by atoms with Crippen molar-refractivity contribution in [2.75, 3.05) is 33.4 Å². The molecule has 2 fully saturated rings. The van der Waals surface area contributed by atoms with Crippen LogP contribution in [0.1, 0.15) is 48.3 Å². The molecule has 7 nitrogen and oxygen atoms in total. The third kappa shape index (κ3) is 3.83. The third-order valence-corrected chi connectivity index (χ3v) is 8.88. The van der Waals surface area contributed by atoms with Crippen molar-refractivity contribution in [3.05, 3.63) is 34.9 Å². The zero-order chi connectivity index (χ0) is 20.4. The standard InChI is InChI=1S/C20H31N3O4S/c1-15-13-17(3-4-18(15)14-22-2)16-5-9-23(10-6-16)28(25,26)20(19(21)24)7-11-27-12-8-20/h3-4,13,16,22H,5-12,14H2,1-2H3,(H2,21,24). The first kappa shape index (κ1) is 21.2. The van der Waals surface area contributed by atoms with Gasteiger partial charge in [-0.1, -0.05) is 18.2 Å². The van der Waals surface area contributed by atoms with Gasteiger partial charge in [0.15, 0.2) is 4.75 Å². The summed E-state index contributed by atoms with van der Waals surface area (Å²) in [6.45, 7) is 4.27. The summed E-state index contributed by atoms with van der Waals surface area (Å²) in [6.07, 6.45) is 1.76. The molecule has 0 saturated carbocycles. The van der Waals surface area contributed by atoms with Gasteiger partial charge in [-0.2, -0.15) is 0 Å². The van der Waals surface area contributed by atoms with Crippen LogP contribution >= 0.6 is 0 Å². The molecule has 1 aromatic rings. The number of hydrogen-bond acceptors (Lipinski definition) is 5. The largest absolute Gasteiger partial charge is 0.381 e. The fourth-order valence-corrected chi connectivity index (χ4v) is 6.49. The molecule has 2 heterocycles. The Morgan fingerprint density at radius 1 is 1.29 bits per heavy atom. The number of rotatable bonds is 6. The molecule has 156 valence electrons. The van der Waals surface area contributed by atoms with Crippen molar-refractivity contribution in [3.63, 3.8) is 0 Å². The van der Waals surface area contributed by atoms with Crippen LogP contribution in [0, 0.1) is 6.92 Å². The van der Waals surface area contributed by atoms with Crippen molar-refractivity contribution in [1.82, 2.24) is 9.62 Å². The smallest absolute Gasteiger partial charge is 0.240 e. The summed E-state index contributed by atoms with van der Waals surface area (Å²) in [4.78, 5) is 12.1. The van der Waals surface area contributed by atoms with Gasteiger partial charge in [-0.3, -0.25) is 4.79 Å². The first-order valence-corrected chi connectivity index (χ1v) is 11.4. The van der Waals surface area contributed by atoms with E-state index in [-0.39, 0.29) is 26.1 Å². The summed E-state index contributed by atoms with van der Waals surface area (Å²) in [6, 6.07) is 6.51. The van der Waals surface area contributed by atoms with E-state index in [0.29, 0.717) is 19.0 Å². The molecule has 0 aromatic heterocycles. The number of carbonyl (C=O) groups is 1. The number of ether oxygens (including phenoxy) is 1. The van der Waals surface area contributed by atoms with Gasteiger partial charge < -0.3 is 15.8 Å². The van der Waals surface area contributed by atoms with Crippen molar-refractivity contribution < 1.29 is 17.9 Å². The van der Waals surface area contributed by atoms with Crippen LogP contribution in [0.15, 0.2) is 18.2 Å². The van der Waals surface area contributed by atoms with Gasteiger partial charge in [-0.05, 0) is 49.4 Å². The lowest BCUT2D eigenvalue weighted by Crippen LogP contribution is -2.59. The molecule has 3 N–H and O–H groups in total. The van der Waals surface area contributed by atoms with Crippen LogP contribution in [0.4, 0.5) is 0 Å². The van der Waals surface area contributed by atoms with Crippen LogP contribution in [0.2, 0.25) is 0 Å². The summed E-state index contributed by atoms with van der Waals surface area (Å²) in [5, 5.41) is 3.17. The minimum Gasteiger partial charge on any atom is -0.381 e. The van der Waals surface area contributed by atoms with Gasteiger partial charge in [0.05, 0.1) is 0 Å². The summed E-state index contributed by atoms with van der Waals surface area (Å²) >= 11 is 0. The predicted molar refractivity (Wildman–Crippen MR) is 108 cm³/mol. The monoisotopic (exact) mass is 409 g/mol. The Kier molecular flexibility index (Phi) is 6.44. The Labute approximate surface area is 167 Å². The van der Waals surface area contributed by atoms with E-state index >= 15 is 0 Å². The van der Waals surface area contributed by atoms with E-state index in [1.165, 1.54) is 21.0 Å². The van der Waals surface area contributed by atoms with Crippen molar-refractivity contribution >= 4 is 15.9 Å². The number of nitrogens with two attached hydrogens (primary N) is 1. The lowest BCUT2D eigenvalue weighted by molar-refractivity contribution is -0.123. The molecule has 1 aromatic carbocycles.